The van der Waals surface area contributed by atoms with Crippen LogP contribution >= 0.6 is 0 Å². The first-order valence-corrected chi connectivity index (χ1v) is 8.92. The molecule has 0 aromatic heterocycles. The van der Waals surface area contributed by atoms with Crippen molar-refractivity contribution in [2.75, 3.05) is 19.6 Å². The first-order chi connectivity index (χ1) is 11.6. The van der Waals surface area contributed by atoms with Crippen LogP contribution in [0.5, 0.6) is 0 Å². The van der Waals surface area contributed by atoms with Crippen molar-refractivity contribution in [3.63, 3.8) is 0 Å². The summed E-state index contributed by atoms with van der Waals surface area (Å²) in [5.41, 5.74) is 1.65. The van der Waals surface area contributed by atoms with Crippen LogP contribution in [0, 0.1) is 0 Å². The van der Waals surface area contributed by atoms with Gasteiger partial charge < -0.3 is 15.5 Å². The Balaban J connectivity index is 1.69. The molecular weight excluding hydrogens is 302 g/mol. The van der Waals surface area contributed by atoms with Crippen LogP contribution in [0.15, 0.2) is 24.3 Å². The molecule has 1 unspecified atom stereocenters. The second kappa shape index (κ2) is 9.42. The van der Waals surface area contributed by atoms with Crippen LogP contribution in [0.2, 0.25) is 0 Å². The molecule has 2 amide bonds. The van der Waals surface area contributed by atoms with E-state index in [1.165, 1.54) is 32.7 Å². The van der Waals surface area contributed by atoms with Crippen LogP contribution in [0.3, 0.4) is 0 Å². The van der Waals surface area contributed by atoms with E-state index in [2.05, 4.69) is 22.5 Å². The molecule has 0 saturated carbocycles. The lowest BCUT2D eigenvalue weighted by molar-refractivity contribution is -0.119. The van der Waals surface area contributed by atoms with Gasteiger partial charge in [-0.15, -0.1) is 0 Å². The number of carbonyl (C=O) groups excluding carboxylic acids is 2. The summed E-state index contributed by atoms with van der Waals surface area (Å²) in [6, 6.07) is 8.03. The van der Waals surface area contributed by atoms with Crippen molar-refractivity contribution < 1.29 is 9.59 Å². The molecule has 0 aliphatic carbocycles. The number of nitrogens with zero attached hydrogens (tertiary/aromatic N) is 1. The molecule has 1 atom stereocenters. The number of nitrogens with one attached hydrogen (secondary N) is 2. The zero-order valence-electron chi connectivity index (χ0n) is 14.8. The molecule has 2 rings (SSSR count). The largest absolute Gasteiger partial charge is 0.352 e. The van der Waals surface area contributed by atoms with Gasteiger partial charge in [0, 0.05) is 38.2 Å². The third-order valence-electron chi connectivity index (χ3n) is 4.61. The molecule has 24 heavy (non-hydrogen) atoms. The van der Waals surface area contributed by atoms with E-state index in [1.54, 1.807) is 12.1 Å². The molecule has 1 saturated heterocycles. The van der Waals surface area contributed by atoms with Gasteiger partial charge in [-0.3, -0.25) is 9.59 Å². The summed E-state index contributed by atoms with van der Waals surface area (Å²) in [4.78, 5) is 25.6. The monoisotopic (exact) mass is 331 g/mol. The van der Waals surface area contributed by atoms with Gasteiger partial charge in [-0.1, -0.05) is 18.6 Å². The van der Waals surface area contributed by atoms with Gasteiger partial charge in [-0.2, -0.15) is 0 Å². The number of benzene rings is 1. The molecule has 0 bridgehead atoms. The van der Waals surface area contributed by atoms with Crippen LogP contribution in [0.1, 0.15) is 55.5 Å². The van der Waals surface area contributed by atoms with Gasteiger partial charge in [0.15, 0.2) is 0 Å². The number of piperidine rings is 1. The summed E-state index contributed by atoms with van der Waals surface area (Å²) in [6.07, 6.45) is 4.90. The molecule has 1 fully saturated rings. The van der Waals surface area contributed by atoms with Gasteiger partial charge in [0.25, 0.3) is 5.91 Å². The Morgan fingerprint density at radius 2 is 1.92 bits per heavy atom. The van der Waals surface area contributed by atoms with Crippen molar-refractivity contribution in [2.45, 2.75) is 52.1 Å². The highest BCUT2D eigenvalue weighted by molar-refractivity contribution is 5.94. The second-order valence-corrected chi connectivity index (χ2v) is 6.60. The fourth-order valence-electron chi connectivity index (χ4n) is 3.08. The lowest BCUT2D eigenvalue weighted by Crippen LogP contribution is -2.39. The highest BCUT2D eigenvalue weighted by Crippen LogP contribution is 2.16. The summed E-state index contributed by atoms with van der Waals surface area (Å²) in [6.45, 7) is 7.22. The normalized spacial score (nSPS) is 18.2. The van der Waals surface area contributed by atoms with E-state index in [1.807, 2.05) is 12.1 Å². The predicted molar refractivity (Wildman–Crippen MR) is 95.8 cm³/mol. The molecule has 1 aliphatic rings. The summed E-state index contributed by atoms with van der Waals surface area (Å²) >= 11 is 0. The molecule has 2 N–H and O–H groups in total. The smallest absolute Gasteiger partial charge is 0.251 e. The molecule has 1 aliphatic heterocycles. The number of carbonyl (C=O) groups is 2. The minimum Gasteiger partial charge on any atom is -0.352 e. The maximum atomic E-state index is 12.1. The Morgan fingerprint density at radius 1 is 1.17 bits per heavy atom. The molecule has 132 valence electrons. The van der Waals surface area contributed by atoms with Gasteiger partial charge >= 0.3 is 0 Å². The van der Waals surface area contributed by atoms with Crippen LogP contribution in [0.4, 0.5) is 0 Å². The van der Waals surface area contributed by atoms with E-state index in [4.69, 9.17) is 0 Å². The fraction of sp³-hybridized carbons (Fsp3) is 0.579. The summed E-state index contributed by atoms with van der Waals surface area (Å²) in [5.74, 6) is -0.0902. The maximum Gasteiger partial charge on any atom is 0.251 e. The number of likely N-dealkylation sites (tertiary alicyclic amines) is 1. The van der Waals surface area contributed by atoms with Gasteiger partial charge in [0.1, 0.15) is 0 Å². The topological polar surface area (TPSA) is 61.4 Å². The molecule has 5 heteroatoms. The molecule has 0 radical (unpaired) electrons. The van der Waals surface area contributed by atoms with Crippen molar-refractivity contribution in [1.29, 1.82) is 0 Å². The van der Waals surface area contributed by atoms with Crippen molar-refractivity contribution in [1.82, 2.24) is 15.5 Å². The summed E-state index contributed by atoms with van der Waals surface area (Å²) in [5, 5.41) is 5.73. The standard InChI is InChI=1S/C19H29N3O2/c1-15-6-3-4-12-22(15)13-5-11-20-19(24)18-9-7-17(8-10-18)14-21-16(2)23/h7-10,15H,3-6,11-14H2,1-2H3,(H,20,24)(H,21,23). The Labute approximate surface area is 144 Å². The van der Waals surface area contributed by atoms with Crippen molar-refractivity contribution in [3.8, 4) is 0 Å². The zero-order valence-corrected chi connectivity index (χ0v) is 14.8. The first kappa shape index (κ1) is 18.5. The SMILES string of the molecule is CC(=O)NCc1ccc(C(=O)NCCCN2CCCCC2C)cc1. The molecule has 5 nitrogen and oxygen atoms in total. The zero-order chi connectivity index (χ0) is 17.4. The minimum atomic E-state index is -0.0557. The molecule has 1 aromatic carbocycles. The van der Waals surface area contributed by atoms with Gasteiger partial charge in [-0.25, -0.2) is 0 Å². The van der Waals surface area contributed by atoms with Crippen molar-refractivity contribution in [2.24, 2.45) is 0 Å². The van der Waals surface area contributed by atoms with Gasteiger partial charge in [0.05, 0.1) is 0 Å². The number of amides is 2. The van der Waals surface area contributed by atoms with E-state index in [0.717, 1.165) is 18.5 Å². The van der Waals surface area contributed by atoms with Crippen LogP contribution < -0.4 is 10.6 Å². The van der Waals surface area contributed by atoms with Crippen molar-refractivity contribution >= 4 is 11.8 Å². The maximum absolute atomic E-state index is 12.1. The number of hydrogen-bond donors (Lipinski definition) is 2. The molecule has 1 aromatic rings. The predicted octanol–water partition coefficient (Wildman–Crippen LogP) is 2.32. The third-order valence-corrected chi connectivity index (χ3v) is 4.61. The number of hydrogen-bond acceptors (Lipinski definition) is 3. The second-order valence-electron chi connectivity index (χ2n) is 6.60. The van der Waals surface area contributed by atoms with Crippen LogP contribution in [-0.4, -0.2) is 42.4 Å². The first-order valence-electron chi connectivity index (χ1n) is 8.92. The lowest BCUT2D eigenvalue weighted by atomic mass is 10.0. The van der Waals surface area contributed by atoms with Crippen LogP contribution in [-0.2, 0) is 11.3 Å². The fourth-order valence-corrected chi connectivity index (χ4v) is 3.08. The van der Waals surface area contributed by atoms with Crippen molar-refractivity contribution in [3.05, 3.63) is 35.4 Å². The summed E-state index contributed by atoms with van der Waals surface area (Å²) in [7, 11) is 0. The average Bonchev–Trinajstić information content (AvgIpc) is 2.58. The Bertz CT molecular complexity index is 542. The van der Waals surface area contributed by atoms with E-state index in [0.29, 0.717) is 24.7 Å². The Morgan fingerprint density at radius 3 is 2.58 bits per heavy atom. The van der Waals surface area contributed by atoms with E-state index in [9.17, 15) is 9.59 Å². The third kappa shape index (κ3) is 5.96. The highest BCUT2D eigenvalue weighted by Gasteiger charge is 2.17. The highest BCUT2D eigenvalue weighted by atomic mass is 16.2. The van der Waals surface area contributed by atoms with E-state index in [-0.39, 0.29) is 11.8 Å². The van der Waals surface area contributed by atoms with Gasteiger partial charge in [0.2, 0.25) is 5.91 Å². The number of rotatable bonds is 7. The average molecular weight is 331 g/mol. The van der Waals surface area contributed by atoms with Gasteiger partial charge in [-0.05, 0) is 50.4 Å². The Kier molecular flexibility index (Phi) is 7.25. The van der Waals surface area contributed by atoms with Crippen LogP contribution in [0.25, 0.3) is 0 Å². The summed E-state index contributed by atoms with van der Waals surface area (Å²) < 4.78 is 0. The minimum absolute atomic E-state index is 0.0345. The molecule has 1 heterocycles. The van der Waals surface area contributed by atoms with E-state index < -0.39 is 0 Å². The Hall–Kier alpha value is -1.88. The quantitative estimate of drug-likeness (QED) is 0.754. The van der Waals surface area contributed by atoms with E-state index >= 15 is 0 Å². The lowest BCUT2D eigenvalue weighted by Gasteiger charge is -2.33. The molecular formula is C19H29N3O2. The molecule has 0 spiro atoms.